The second-order valence-electron chi connectivity index (χ2n) is 6.13. The Morgan fingerprint density at radius 2 is 0.857 bits per heavy atom. The molecule has 0 heterocycles. The average Bonchev–Trinajstić information content (AvgIpc) is 2.46. The molecule has 0 amide bonds. The number of hydrogen-bond donors (Lipinski definition) is 4. The lowest BCUT2D eigenvalue weighted by Crippen LogP contribution is -2.07. The fraction of sp³-hybridized carbons (Fsp3) is 1.00. The van der Waals surface area contributed by atoms with Crippen LogP contribution in [0.25, 0.3) is 0 Å². The Hall–Kier alpha value is -0.160. The first kappa shape index (κ1) is 20.8. The van der Waals surface area contributed by atoms with Gasteiger partial charge in [-0.05, 0) is 19.3 Å². The van der Waals surface area contributed by atoms with Crippen molar-refractivity contribution in [2.24, 2.45) is 0 Å². The minimum atomic E-state index is -1.11. The number of nitrogens with one attached hydrogen (secondary N) is 1. The van der Waals surface area contributed by atoms with Crippen molar-refractivity contribution < 1.29 is 15.4 Å². The Morgan fingerprint density at radius 3 is 1.19 bits per heavy atom. The molecule has 4 N–H and O–H groups in total. The lowest BCUT2D eigenvalue weighted by atomic mass is 10.0. The molecule has 0 aliphatic heterocycles. The van der Waals surface area contributed by atoms with E-state index in [1.807, 2.05) is 0 Å². The molecule has 0 aromatic heterocycles. The summed E-state index contributed by atoms with van der Waals surface area (Å²) >= 11 is 0. The Morgan fingerprint density at radius 1 is 0.524 bits per heavy atom. The van der Waals surface area contributed by atoms with Gasteiger partial charge in [-0.1, -0.05) is 77.0 Å². The maximum absolute atomic E-state index is 8.71. The summed E-state index contributed by atoms with van der Waals surface area (Å²) in [4.78, 5) is 0. The van der Waals surface area contributed by atoms with Crippen molar-refractivity contribution in [3.05, 3.63) is 0 Å². The quantitative estimate of drug-likeness (QED) is 0.185. The van der Waals surface area contributed by atoms with E-state index in [-0.39, 0.29) is 0 Å². The maximum Gasteiger partial charge on any atom is 0.151 e. The molecule has 0 atom stereocenters. The van der Waals surface area contributed by atoms with E-state index in [2.05, 4.69) is 5.48 Å². The molecular formula is C17H37NO3. The smallest absolute Gasteiger partial charge is 0.151 e. The van der Waals surface area contributed by atoms with Gasteiger partial charge in [-0.15, -0.1) is 0 Å². The first-order valence-corrected chi connectivity index (χ1v) is 9.00. The molecule has 0 aromatic rings. The monoisotopic (exact) mass is 303 g/mol. The van der Waals surface area contributed by atoms with Crippen molar-refractivity contribution in [1.82, 2.24) is 5.48 Å². The molecule has 0 unspecified atom stereocenters. The van der Waals surface area contributed by atoms with Crippen molar-refractivity contribution >= 4 is 0 Å². The van der Waals surface area contributed by atoms with E-state index in [1.54, 1.807) is 0 Å². The van der Waals surface area contributed by atoms with Crippen LogP contribution in [-0.2, 0) is 0 Å². The predicted molar refractivity (Wildman–Crippen MR) is 87.3 cm³/mol. The van der Waals surface area contributed by atoms with Crippen LogP contribution < -0.4 is 5.48 Å². The van der Waals surface area contributed by atoms with Crippen molar-refractivity contribution in [2.75, 3.05) is 6.54 Å². The molecular weight excluding hydrogens is 266 g/mol. The summed E-state index contributed by atoms with van der Waals surface area (Å²) in [7, 11) is 0. The lowest BCUT2D eigenvalue weighted by molar-refractivity contribution is -0.0466. The van der Waals surface area contributed by atoms with E-state index >= 15 is 0 Å². The van der Waals surface area contributed by atoms with Gasteiger partial charge in [0.15, 0.2) is 6.29 Å². The van der Waals surface area contributed by atoms with Crippen LogP contribution in [0.2, 0.25) is 0 Å². The van der Waals surface area contributed by atoms with E-state index in [0.29, 0.717) is 6.42 Å². The van der Waals surface area contributed by atoms with Crippen LogP contribution in [0.15, 0.2) is 0 Å². The first-order chi connectivity index (χ1) is 10.3. The third-order valence-corrected chi connectivity index (χ3v) is 4.00. The third kappa shape index (κ3) is 19.8. The molecule has 0 aliphatic carbocycles. The standard InChI is InChI=1S/C17H37NO3/c19-17(20)15-13-11-9-7-5-3-1-2-4-6-8-10-12-14-16-18-21/h17-21H,1-16H2. The van der Waals surface area contributed by atoms with Crippen LogP contribution in [0.3, 0.4) is 0 Å². The summed E-state index contributed by atoms with van der Waals surface area (Å²) in [6.07, 6.45) is 17.1. The van der Waals surface area contributed by atoms with Gasteiger partial charge >= 0.3 is 0 Å². The predicted octanol–water partition coefficient (Wildman–Crippen LogP) is 4.13. The number of hydroxylamine groups is 1. The van der Waals surface area contributed by atoms with E-state index < -0.39 is 6.29 Å². The van der Waals surface area contributed by atoms with Gasteiger partial charge in [0.05, 0.1) is 0 Å². The molecule has 0 rings (SSSR count). The number of rotatable bonds is 17. The SMILES string of the molecule is ONCCCCCCCCCCCCCCCCC(O)O. The lowest BCUT2D eigenvalue weighted by Gasteiger charge is -2.04. The number of aliphatic hydroxyl groups excluding tert-OH is 1. The zero-order valence-electron chi connectivity index (χ0n) is 13.7. The summed E-state index contributed by atoms with van der Waals surface area (Å²) in [6.45, 7) is 0.723. The highest BCUT2D eigenvalue weighted by molar-refractivity contribution is 4.50. The minimum Gasteiger partial charge on any atom is -0.368 e. The van der Waals surface area contributed by atoms with Crippen molar-refractivity contribution in [3.8, 4) is 0 Å². The molecule has 0 radical (unpaired) electrons. The Labute approximate surface area is 130 Å². The van der Waals surface area contributed by atoms with Crippen LogP contribution in [-0.4, -0.2) is 28.3 Å². The summed E-state index contributed by atoms with van der Waals surface area (Å²) in [5.74, 6) is 0. The highest BCUT2D eigenvalue weighted by Crippen LogP contribution is 2.13. The van der Waals surface area contributed by atoms with Gasteiger partial charge in [-0.3, -0.25) is 0 Å². The van der Waals surface area contributed by atoms with Gasteiger partial charge in [0.1, 0.15) is 0 Å². The average molecular weight is 303 g/mol. The molecule has 0 saturated heterocycles. The van der Waals surface area contributed by atoms with Gasteiger partial charge in [0.25, 0.3) is 0 Å². The molecule has 21 heavy (non-hydrogen) atoms. The first-order valence-electron chi connectivity index (χ1n) is 9.00. The molecule has 0 spiro atoms. The maximum atomic E-state index is 8.71. The van der Waals surface area contributed by atoms with Gasteiger partial charge in [-0.25, -0.2) is 5.48 Å². The van der Waals surface area contributed by atoms with Crippen molar-refractivity contribution in [2.45, 2.75) is 103 Å². The second-order valence-corrected chi connectivity index (χ2v) is 6.13. The number of hydrogen-bond acceptors (Lipinski definition) is 4. The fourth-order valence-electron chi connectivity index (χ4n) is 2.65. The summed E-state index contributed by atoms with van der Waals surface area (Å²) in [5.41, 5.74) is 2.20. The molecule has 4 heteroatoms. The summed E-state index contributed by atoms with van der Waals surface area (Å²) in [6, 6.07) is 0. The van der Waals surface area contributed by atoms with E-state index in [1.165, 1.54) is 70.6 Å². The Bertz CT molecular complexity index is 189. The molecule has 0 saturated carbocycles. The number of unbranched alkanes of at least 4 members (excludes halogenated alkanes) is 13. The normalized spacial score (nSPS) is 11.4. The van der Waals surface area contributed by atoms with Crippen molar-refractivity contribution in [1.29, 1.82) is 0 Å². The van der Waals surface area contributed by atoms with Crippen molar-refractivity contribution in [3.63, 3.8) is 0 Å². The van der Waals surface area contributed by atoms with Crippen LogP contribution in [0.1, 0.15) is 96.3 Å². The molecule has 0 aromatic carbocycles. The van der Waals surface area contributed by atoms with E-state index in [4.69, 9.17) is 15.4 Å². The highest BCUT2D eigenvalue weighted by atomic mass is 16.5. The number of aliphatic hydroxyl groups is 2. The van der Waals surface area contributed by atoms with Gasteiger partial charge in [-0.2, -0.15) is 0 Å². The molecule has 4 nitrogen and oxygen atoms in total. The Kier molecular flexibility index (Phi) is 17.8. The third-order valence-electron chi connectivity index (χ3n) is 4.00. The molecule has 0 bridgehead atoms. The van der Waals surface area contributed by atoms with Gasteiger partial charge in [0, 0.05) is 6.54 Å². The highest BCUT2D eigenvalue weighted by Gasteiger charge is 1.97. The summed E-state index contributed by atoms with van der Waals surface area (Å²) in [5, 5.41) is 25.8. The second kappa shape index (κ2) is 17.9. The van der Waals surface area contributed by atoms with Crippen LogP contribution in [0.4, 0.5) is 0 Å². The van der Waals surface area contributed by atoms with E-state index in [0.717, 1.165) is 25.8 Å². The van der Waals surface area contributed by atoms with E-state index in [9.17, 15) is 0 Å². The zero-order valence-corrected chi connectivity index (χ0v) is 13.7. The van der Waals surface area contributed by atoms with Crippen LogP contribution >= 0.6 is 0 Å². The topological polar surface area (TPSA) is 72.7 Å². The largest absolute Gasteiger partial charge is 0.368 e. The molecule has 0 aliphatic rings. The minimum absolute atomic E-state index is 0.524. The zero-order chi connectivity index (χ0) is 15.6. The van der Waals surface area contributed by atoms with Gasteiger partial charge < -0.3 is 15.4 Å². The fourth-order valence-corrected chi connectivity index (χ4v) is 2.65. The van der Waals surface area contributed by atoms with Crippen LogP contribution in [0.5, 0.6) is 0 Å². The van der Waals surface area contributed by atoms with Crippen LogP contribution in [0, 0.1) is 0 Å². The summed E-state index contributed by atoms with van der Waals surface area (Å²) < 4.78 is 0. The Balaban J connectivity index is 2.93. The van der Waals surface area contributed by atoms with Gasteiger partial charge in [0.2, 0.25) is 0 Å². The molecule has 0 fully saturated rings. The molecule has 128 valence electrons.